The number of hydrogen-bond donors (Lipinski definition) is 2. The van der Waals surface area contributed by atoms with Gasteiger partial charge < -0.3 is 15.5 Å². The molecule has 0 saturated heterocycles. The van der Waals surface area contributed by atoms with Gasteiger partial charge in [-0.25, -0.2) is 0 Å². The van der Waals surface area contributed by atoms with Crippen molar-refractivity contribution in [1.82, 2.24) is 5.32 Å². The second kappa shape index (κ2) is 6.95. The van der Waals surface area contributed by atoms with E-state index >= 15 is 0 Å². The highest BCUT2D eigenvalue weighted by Gasteiger charge is 2.28. The van der Waals surface area contributed by atoms with E-state index in [0.29, 0.717) is 5.41 Å². The van der Waals surface area contributed by atoms with Crippen molar-refractivity contribution in [3.05, 3.63) is 24.2 Å². The normalized spacial score (nSPS) is 19.6. The Labute approximate surface area is 110 Å². The molecular formula is C15H26N2O. The van der Waals surface area contributed by atoms with Crippen molar-refractivity contribution < 1.29 is 4.42 Å². The first-order valence-corrected chi connectivity index (χ1v) is 7.28. The summed E-state index contributed by atoms with van der Waals surface area (Å²) in [6.07, 6.45) is 10.7. The summed E-state index contributed by atoms with van der Waals surface area (Å²) in [4.78, 5) is 0. The molecule has 1 heterocycles. The first kappa shape index (κ1) is 13.6. The number of hydrogen-bond acceptors (Lipinski definition) is 3. The lowest BCUT2D eigenvalue weighted by Crippen LogP contribution is -2.40. The highest BCUT2D eigenvalue weighted by Crippen LogP contribution is 2.33. The van der Waals surface area contributed by atoms with E-state index in [1.54, 1.807) is 6.26 Å². The number of furan rings is 1. The molecule has 3 heteroatoms. The quantitative estimate of drug-likeness (QED) is 0.603. The molecule has 1 aromatic rings. The van der Waals surface area contributed by atoms with E-state index in [9.17, 15) is 0 Å². The maximum atomic E-state index is 6.03. The van der Waals surface area contributed by atoms with E-state index in [4.69, 9.17) is 10.2 Å². The van der Waals surface area contributed by atoms with Crippen LogP contribution in [0, 0.1) is 5.41 Å². The van der Waals surface area contributed by atoms with Crippen LogP contribution in [0.3, 0.4) is 0 Å². The highest BCUT2D eigenvalue weighted by atomic mass is 16.3. The minimum atomic E-state index is 0.347. The van der Waals surface area contributed by atoms with Crippen LogP contribution in [0.15, 0.2) is 22.8 Å². The van der Waals surface area contributed by atoms with Crippen LogP contribution in [0.1, 0.15) is 44.3 Å². The molecule has 1 saturated carbocycles. The van der Waals surface area contributed by atoms with Crippen LogP contribution in [0.4, 0.5) is 0 Å². The van der Waals surface area contributed by atoms with Crippen molar-refractivity contribution in [2.75, 3.05) is 19.6 Å². The largest absolute Gasteiger partial charge is 0.469 e. The molecule has 0 amide bonds. The summed E-state index contributed by atoms with van der Waals surface area (Å²) in [5, 5.41) is 3.57. The Morgan fingerprint density at radius 3 is 2.61 bits per heavy atom. The molecule has 0 radical (unpaired) electrons. The lowest BCUT2D eigenvalue weighted by molar-refractivity contribution is 0.242. The van der Waals surface area contributed by atoms with Crippen molar-refractivity contribution in [2.45, 2.75) is 44.9 Å². The summed E-state index contributed by atoms with van der Waals surface area (Å²) in [6.45, 7) is 2.86. The molecule has 3 nitrogen and oxygen atoms in total. The molecule has 1 fully saturated rings. The molecule has 0 aliphatic heterocycles. The minimum absolute atomic E-state index is 0.347. The standard InChI is InChI=1S/C15H26N2O/c16-12-15(8-3-1-2-4-9-15)13-17-10-7-14-6-5-11-18-14/h5-6,11,17H,1-4,7-10,12-13,16H2. The fraction of sp³-hybridized carbons (Fsp3) is 0.733. The van der Waals surface area contributed by atoms with Crippen LogP contribution in [0.25, 0.3) is 0 Å². The van der Waals surface area contributed by atoms with E-state index in [1.165, 1.54) is 38.5 Å². The molecular weight excluding hydrogens is 224 g/mol. The van der Waals surface area contributed by atoms with Crippen molar-refractivity contribution in [1.29, 1.82) is 0 Å². The maximum Gasteiger partial charge on any atom is 0.105 e. The van der Waals surface area contributed by atoms with E-state index in [-0.39, 0.29) is 0 Å². The summed E-state index contributed by atoms with van der Waals surface area (Å²) >= 11 is 0. The van der Waals surface area contributed by atoms with Gasteiger partial charge in [-0.05, 0) is 36.9 Å². The summed E-state index contributed by atoms with van der Waals surface area (Å²) in [7, 11) is 0. The van der Waals surface area contributed by atoms with Gasteiger partial charge in [0.2, 0.25) is 0 Å². The zero-order valence-electron chi connectivity index (χ0n) is 11.3. The molecule has 18 heavy (non-hydrogen) atoms. The van der Waals surface area contributed by atoms with Crippen LogP contribution >= 0.6 is 0 Å². The van der Waals surface area contributed by atoms with Crippen LogP contribution in [0.5, 0.6) is 0 Å². The Morgan fingerprint density at radius 1 is 1.22 bits per heavy atom. The third-order valence-corrected chi connectivity index (χ3v) is 4.23. The molecule has 0 bridgehead atoms. The lowest BCUT2D eigenvalue weighted by atomic mass is 9.80. The second-order valence-electron chi connectivity index (χ2n) is 5.62. The third kappa shape index (κ3) is 3.85. The molecule has 2 rings (SSSR count). The molecule has 3 N–H and O–H groups in total. The second-order valence-corrected chi connectivity index (χ2v) is 5.62. The number of nitrogens with two attached hydrogens (primary N) is 1. The minimum Gasteiger partial charge on any atom is -0.469 e. The van der Waals surface area contributed by atoms with Gasteiger partial charge in [0.25, 0.3) is 0 Å². The SMILES string of the molecule is NCC1(CNCCc2ccco2)CCCCCC1. The van der Waals surface area contributed by atoms with Gasteiger partial charge in [0.1, 0.15) is 5.76 Å². The summed E-state index contributed by atoms with van der Waals surface area (Å²) in [5.41, 5.74) is 6.37. The molecule has 0 spiro atoms. The highest BCUT2D eigenvalue weighted by molar-refractivity contribution is 4.98. The van der Waals surface area contributed by atoms with E-state index < -0.39 is 0 Å². The average molecular weight is 250 g/mol. The molecule has 1 aromatic heterocycles. The van der Waals surface area contributed by atoms with Gasteiger partial charge >= 0.3 is 0 Å². The molecule has 0 aromatic carbocycles. The molecule has 1 aliphatic carbocycles. The first-order chi connectivity index (χ1) is 8.85. The lowest BCUT2D eigenvalue weighted by Gasteiger charge is -2.31. The van der Waals surface area contributed by atoms with Crippen LogP contribution in [-0.4, -0.2) is 19.6 Å². The third-order valence-electron chi connectivity index (χ3n) is 4.23. The summed E-state index contributed by atoms with van der Waals surface area (Å²) < 4.78 is 5.33. The summed E-state index contributed by atoms with van der Waals surface area (Å²) in [5.74, 6) is 1.06. The Morgan fingerprint density at radius 2 is 2.00 bits per heavy atom. The topological polar surface area (TPSA) is 51.2 Å². The fourth-order valence-corrected chi connectivity index (χ4v) is 2.95. The smallest absolute Gasteiger partial charge is 0.105 e. The van der Waals surface area contributed by atoms with Crippen molar-refractivity contribution >= 4 is 0 Å². The molecule has 0 unspecified atom stereocenters. The maximum absolute atomic E-state index is 6.03. The van der Waals surface area contributed by atoms with Crippen LogP contribution in [-0.2, 0) is 6.42 Å². The molecule has 0 atom stereocenters. The van der Waals surface area contributed by atoms with E-state index in [2.05, 4.69) is 5.32 Å². The van der Waals surface area contributed by atoms with Gasteiger partial charge in [0.05, 0.1) is 6.26 Å². The Balaban J connectivity index is 1.72. The van der Waals surface area contributed by atoms with Crippen molar-refractivity contribution in [3.63, 3.8) is 0 Å². The van der Waals surface area contributed by atoms with Crippen LogP contribution < -0.4 is 11.1 Å². The van der Waals surface area contributed by atoms with Crippen LogP contribution in [0.2, 0.25) is 0 Å². The predicted octanol–water partition coefficient (Wildman–Crippen LogP) is 2.71. The van der Waals surface area contributed by atoms with Gasteiger partial charge in [-0.2, -0.15) is 0 Å². The van der Waals surface area contributed by atoms with Crippen molar-refractivity contribution in [3.8, 4) is 0 Å². The zero-order chi connectivity index (χ0) is 12.7. The fourth-order valence-electron chi connectivity index (χ4n) is 2.95. The number of rotatable bonds is 6. The van der Waals surface area contributed by atoms with E-state index in [1.807, 2.05) is 12.1 Å². The van der Waals surface area contributed by atoms with Gasteiger partial charge in [0, 0.05) is 19.5 Å². The van der Waals surface area contributed by atoms with Gasteiger partial charge in [0.15, 0.2) is 0 Å². The predicted molar refractivity (Wildman–Crippen MR) is 74.5 cm³/mol. The molecule has 1 aliphatic rings. The number of nitrogens with one attached hydrogen (secondary N) is 1. The summed E-state index contributed by atoms with van der Waals surface area (Å²) in [6, 6.07) is 3.98. The monoisotopic (exact) mass is 250 g/mol. The van der Waals surface area contributed by atoms with Gasteiger partial charge in [-0.1, -0.05) is 25.7 Å². The first-order valence-electron chi connectivity index (χ1n) is 7.28. The Bertz CT molecular complexity index is 313. The Hall–Kier alpha value is -0.800. The van der Waals surface area contributed by atoms with E-state index in [0.717, 1.165) is 31.8 Å². The van der Waals surface area contributed by atoms with Crippen molar-refractivity contribution in [2.24, 2.45) is 11.1 Å². The zero-order valence-corrected chi connectivity index (χ0v) is 11.3. The average Bonchev–Trinajstić information content (AvgIpc) is 2.80. The Kier molecular flexibility index (Phi) is 5.26. The molecule has 102 valence electrons. The van der Waals surface area contributed by atoms with Gasteiger partial charge in [-0.3, -0.25) is 0 Å². The van der Waals surface area contributed by atoms with Gasteiger partial charge in [-0.15, -0.1) is 0 Å².